The summed E-state index contributed by atoms with van der Waals surface area (Å²) in [6, 6.07) is 12.9. The maximum Gasteiger partial charge on any atom is 0.119 e. The van der Waals surface area contributed by atoms with Gasteiger partial charge in [-0.1, -0.05) is 36.2 Å². The Morgan fingerprint density at radius 3 is 2.62 bits per heavy atom. The number of piperidine rings is 1. The van der Waals surface area contributed by atoms with Crippen molar-refractivity contribution in [3.05, 3.63) is 42.0 Å². The van der Waals surface area contributed by atoms with Crippen LogP contribution in [-0.4, -0.2) is 31.1 Å². The quantitative estimate of drug-likeness (QED) is 0.754. The third kappa shape index (κ3) is 3.98. The van der Waals surface area contributed by atoms with E-state index in [2.05, 4.69) is 48.2 Å². The normalized spacial score (nSPS) is 16.2. The van der Waals surface area contributed by atoms with Crippen molar-refractivity contribution in [2.24, 2.45) is 0 Å². The summed E-state index contributed by atoms with van der Waals surface area (Å²) in [5, 5.41) is 2.55. The molecule has 0 bridgehead atoms. The van der Waals surface area contributed by atoms with Crippen LogP contribution >= 0.6 is 0 Å². The number of hydrogen-bond acceptors (Lipinski definition) is 2. The topological polar surface area (TPSA) is 12.5 Å². The van der Waals surface area contributed by atoms with Crippen molar-refractivity contribution in [1.82, 2.24) is 4.90 Å². The van der Waals surface area contributed by atoms with Gasteiger partial charge in [-0.2, -0.15) is 0 Å². The van der Waals surface area contributed by atoms with Gasteiger partial charge in [-0.25, -0.2) is 0 Å². The van der Waals surface area contributed by atoms with E-state index < -0.39 is 0 Å². The predicted molar refractivity (Wildman–Crippen MR) is 89.1 cm³/mol. The van der Waals surface area contributed by atoms with Crippen LogP contribution in [0.2, 0.25) is 0 Å². The zero-order chi connectivity index (χ0) is 14.5. The number of likely N-dealkylation sites (tertiary alicyclic amines) is 1. The Morgan fingerprint density at radius 1 is 0.952 bits per heavy atom. The Bertz CT molecular complexity index is 587. The first-order valence-electron chi connectivity index (χ1n) is 8.17. The molecule has 0 N–H and O–H groups in total. The molecule has 0 saturated carbocycles. The molecular formula is C19H25NO. The van der Waals surface area contributed by atoms with Gasteiger partial charge in [-0.05, 0) is 62.2 Å². The van der Waals surface area contributed by atoms with Crippen molar-refractivity contribution in [1.29, 1.82) is 0 Å². The SMILES string of the molecule is Cc1ccc2ccc(OCCCN3CCCCC3)cc2c1. The fraction of sp³-hybridized carbons (Fsp3) is 0.474. The fourth-order valence-electron chi connectivity index (χ4n) is 3.10. The van der Waals surface area contributed by atoms with Crippen molar-refractivity contribution in [2.45, 2.75) is 32.6 Å². The van der Waals surface area contributed by atoms with E-state index >= 15 is 0 Å². The van der Waals surface area contributed by atoms with Crippen molar-refractivity contribution >= 4 is 10.8 Å². The molecule has 0 unspecified atom stereocenters. The first-order chi connectivity index (χ1) is 10.3. The average molecular weight is 283 g/mol. The van der Waals surface area contributed by atoms with Crippen LogP contribution in [0.15, 0.2) is 36.4 Å². The monoisotopic (exact) mass is 283 g/mol. The zero-order valence-corrected chi connectivity index (χ0v) is 13.0. The summed E-state index contributed by atoms with van der Waals surface area (Å²) in [6.07, 6.45) is 5.26. The molecule has 0 atom stereocenters. The molecule has 0 aromatic heterocycles. The van der Waals surface area contributed by atoms with Gasteiger partial charge in [0.25, 0.3) is 0 Å². The summed E-state index contributed by atoms with van der Waals surface area (Å²) in [5.74, 6) is 0.992. The van der Waals surface area contributed by atoms with Gasteiger partial charge in [0.05, 0.1) is 6.61 Å². The average Bonchev–Trinajstić information content (AvgIpc) is 2.52. The number of rotatable bonds is 5. The van der Waals surface area contributed by atoms with Crippen LogP contribution in [-0.2, 0) is 0 Å². The Hall–Kier alpha value is -1.54. The molecule has 0 radical (unpaired) electrons. The summed E-state index contributed by atoms with van der Waals surface area (Å²) in [7, 11) is 0. The molecule has 1 saturated heterocycles. The van der Waals surface area contributed by atoms with Gasteiger partial charge in [-0.3, -0.25) is 0 Å². The largest absolute Gasteiger partial charge is 0.494 e. The van der Waals surface area contributed by atoms with Crippen LogP contribution in [0.25, 0.3) is 10.8 Å². The van der Waals surface area contributed by atoms with Gasteiger partial charge >= 0.3 is 0 Å². The summed E-state index contributed by atoms with van der Waals surface area (Å²) in [4.78, 5) is 2.57. The highest BCUT2D eigenvalue weighted by Crippen LogP contribution is 2.22. The number of benzene rings is 2. The molecule has 1 fully saturated rings. The summed E-state index contributed by atoms with van der Waals surface area (Å²) < 4.78 is 5.92. The van der Waals surface area contributed by atoms with Crippen molar-refractivity contribution < 1.29 is 4.74 Å². The number of aryl methyl sites for hydroxylation is 1. The lowest BCUT2D eigenvalue weighted by molar-refractivity contribution is 0.205. The van der Waals surface area contributed by atoms with E-state index in [9.17, 15) is 0 Å². The zero-order valence-electron chi connectivity index (χ0n) is 13.0. The Balaban J connectivity index is 1.50. The van der Waals surface area contributed by atoms with E-state index in [1.165, 1.54) is 55.2 Å². The maximum atomic E-state index is 5.92. The first kappa shape index (κ1) is 14.4. The first-order valence-corrected chi connectivity index (χ1v) is 8.17. The second-order valence-electron chi connectivity index (χ2n) is 6.12. The summed E-state index contributed by atoms with van der Waals surface area (Å²) in [5.41, 5.74) is 1.30. The Kier molecular flexibility index (Phi) is 4.76. The van der Waals surface area contributed by atoms with E-state index in [0.29, 0.717) is 0 Å². The maximum absolute atomic E-state index is 5.92. The lowest BCUT2D eigenvalue weighted by Crippen LogP contribution is -2.31. The minimum absolute atomic E-state index is 0.813. The molecule has 0 amide bonds. The second kappa shape index (κ2) is 6.95. The highest BCUT2D eigenvalue weighted by Gasteiger charge is 2.09. The standard InChI is InChI=1S/C19H25NO/c1-16-6-7-17-8-9-19(15-18(17)14-16)21-13-5-12-20-10-3-2-4-11-20/h6-9,14-15H,2-5,10-13H2,1H3. The molecule has 2 aromatic carbocycles. The summed E-state index contributed by atoms with van der Waals surface area (Å²) >= 11 is 0. The molecule has 3 rings (SSSR count). The number of fused-ring (bicyclic) bond motifs is 1. The van der Waals surface area contributed by atoms with Gasteiger partial charge in [0.15, 0.2) is 0 Å². The molecule has 2 heteroatoms. The van der Waals surface area contributed by atoms with Crippen LogP contribution in [0.5, 0.6) is 5.75 Å². The van der Waals surface area contributed by atoms with Crippen molar-refractivity contribution in [3.63, 3.8) is 0 Å². The minimum atomic E-state index is 0.813. The molecule has 1 aliphatic heterocycles. The predicted octanol–water partition coefficient (Wildman–Crippen LogP) is 4.40. The lowest BCUT2D eigenvalue weighted by atomic mass is 10.1. The third-order valence-corrected chi connectivity index (χ3v) is 4.30. The fourth-order valence-corrected chi connectivity index (χ4v) is 3.10. The smallest absolute Gasteiger partial charge is 0.119 e. The summed E-state index contributed by atoms with van der Waals surface area (Å²) in [6.45, 7) is 6.66. The Morgan fingerprint density at radius 2 is 1.76 bits per heavy atom. The van der Waals surface area contributed by atoms with Gasteiger partial charge in [0.2, 0.25) is 0 Å². The van der Waals surface area contributed by atoms with Crippen molar-refractivity contribution in [2.75, 3.05) is 26.2 Å². The van der Waals surface area contributed by atoms with Crippen LogP contribution in [0.1, 0.15) is 31.2 Å². The van der Waals surface area contributed by atoms with E-state index in [-0.39, 0.29) is 0 Å². The highest BCUT2D eigenvalue weighted by molar-refractivity contribution is 5.84. The molecule has 1 aliphatic rings. The Labute approximate surface area is 127 Å². The number of ether oxygens (including phenoxy) is 1. The van der Waals surface area contributed by atoms with E-state index in [4.69, 9.17) is 4.74 Å². The van der Waals surface area contributed by atoms with Crippen LogP contribution in [0.3, 0.4) is 0 Å². The van der Waals surface area contributed by atoms with Gasteiger partial charge in [0, 0.05) is 6.54 Å². The van der Waals surface area contributed by atoms with Gasteiger partial charge < -0.3 is 9.64 Å². The van der Waals surface area contributed by atoms with E-state index in [0.717, 1.165) is 18.8 Å². The van der Waals surface area contributed by atoms with Crippen LogP contribution in [0.4, 0.5) is 0 Å². The minimum Gasteiger partial charge on any atom is -0.494 e. The molecule has 21 heavy (non-hydrogen) atoms. The van der Waals surface area contributed by atoms with Crippen molar-refractivity contribution in [3.8, 4) is 5.75 Å². The van der Waals surface area contributed by atoms with Gasteiger partial charge in [0.1, 0.15) is 5.75 Å². The van der Waals surface area contributed by atoms with Crippen LogP contribution < -0.4 is 4.74 Å². The van der Waals surface area contributed by atoms with Gasteiger partial charge in [-0.15, -0.1) is 0 Å². The molecular weight excluding hydrogens is 258 g/mol. The molecule has 2 nitrogen and oxygen atoms in total. The molecule has 112 valence electrons. The number of hydrogen-bond donors (Lipinski definition) is 0. The number of nitrogens with zero attached hydrogens (tertiary/aromatic N) is 1. The van der Waals surface area contributed by atoms with E-state index in [1.54, 1.807) is 0 Å². The second-order valence-corrected chi connectivity index (χ2v) is 6.12. The highest BCUT2D eigenvalue weighted by atomic mass is 16.5. The van der Waals surface area contributed by atoms with Crippen LogP contribution in [0, 0.1) is 6.92 Å². The third-order valence-electron chi connectivity index (χ3n) is 4.30. The van der Waals surface area contributed by atoms with E-state index in [1.807, 2.05) is 0 Å². The molecule has 0 spiro atoms. The molecule has 2 aromatic rings. The molecule has 0 aliphatic carbocycles. The molecule has 1 heterocycles. The lowest BCUT2D eigenvalue weighted by Gasteiger charge is -2.26.